The Labute approximate surface area is 158 Å². The van der Waals surface area contributed by atoms with Crippen LogP contribution in [-0.2, 0) is 4.79 Å². The van der Waals surface area contributed by atoms with Gasteiger partial charge in [-0.1, -0.05) is 26.8 Å². The Morgan fingerprint density at radius 2 is 2.00 bits per heavy atom. The van der Waals surface area contributed by atoms with Crippen molar-refractivity contribution in [1.82, 2.24) is 4.90 Å². The predicted octanol–water partition coefficient (Wildman–Crippen LogP) is 3.81. The van der Waals surface area contributed by atoms with E-state index < -0.39 is 11.5 Å². The van der Waals surface area contributed by atoms with Crippen LogP contribution in [0.1, 0.15) is 65.2 Å². The molecule has 0 aromatic heterocycles. The molecule has 1 saturated heterocycles. The number of allylic oxidation sites excluding steroid dienone is 1. The van der Waals surface area contributed by atoms with E-state index in [0.717, 1.165) is 37.8 Å². The summed E-state index contributed by atoms with van der Waals surface area (Å²) in [6, 6.07) is 0. The zero-order valence-corrected chi connectivity index (χ0v) is 16.6. The number of ketones is 1. The normalized spacial score (nSPS) is 53.3. The van der Waals surface area contributed by atoms with Crippen LogP contribution in [0.5, 0.6) is 0 Å². The van der Waals surface area contributed by atoms with E-state index >= 15 is 0 Å². The van der Waals surface area contributed by atoms with Gasteiger partial charge < -0.3 is 10.0 Å². The summed E-state index contributed by atoms with van der Waals surface area (Å²) >= 11 is 0. The maximum atomic E-state index is 13.4. The largest absolute Gasteiger partial charge is 0.392 e. The minimum atomic E-state index is -0.504. The zero-order valence-electron chi connectivity index (χ0n) is 16.6. The number of nitrogens with zero attached hydrogens (tertiary/aromatic N) is 1. The van der Waals surface area contributed by atoms with Gasteiger partial charge in [-0.25, -0.2) is 0 Å². The van der Waals surface area contributed by atoms with Crippen LogP contribution < -0.4 is 0 Å². The Morgan fingerprint density at radius 1 is 1.19 bits per heavy atom. The second kappa shape index (κ2) is 5.44. The van der Waals surface area contributed by atoms with E-state index in [2.05, 4.69) is 25.3 Å². The molecule has 0 radical (unpaired) electrons. The molecule has 0 amide bonds. The summed E-state index contributed by atoms with van der Waals surface area (Å²) in [4.78, 5) is 16.1. The molecule has 3 unspecified atom stereocenters. The van der Waals surface area contributed by atoms with E-state index in [1.54, 1.807) is 0 Å². The molecule has 6 rings (SSSR count). The van der Waals surface area contributed by atoms with Crippen molar-refractivity contribution in [2.24, 2.45) is 34.0 Å². The van der Waals surface area contributed by atoms with Crippen LogP contribution >= 0.6 is 0 Å². The molecule has 5 saturated carbocycles. The third-order valence-electron chi connectivity index (χ3n) is 9.57. The first kappa shape index (κ1) is 17.4. The fourth-order valence-electron chi connectivity index (χ4n) is 8.75. The average molecular weight is 358 g/mol. The Morgan fingerprint density at radius 3 is 2.77 bits per heavy atom. The summed E-state index contributed by atoms with van der Waals surface area (Å²) in [7, 11) is 0. The fraction of sp³-hybridized carbons (Fsp3) is 0.870. The van der Waals surface area contributed by atoms with Crippen molar-refractivity contribution in [3.05, 3.63) is 12.2 Å². The van der Waals surface area contributed by atoms with Gasteiger partial charge in [0.05, 0.1) is 11.5 Å². The molecule has 4 bridgehead atoms. The molecule has 0 aromatic carbocycles. The number of hydrogen-bond donors (Lipinski definition) is 1. The van der Waals surface area contributed by atoms with E-state index in [-0.39, 0.29) is 11.2 Å². The van der Waals surface area contributed by atoms with Crippen molar-refractivity contribution in [3.63, 3.8) is 0 Å². The van der Waals surface area contributed by atoms with Gasteiger partial charge in [-0.2, -0.15) is 0 Å². The number of likely N-dealkylation sites (tertiary alicyclic amines) is 1. The van der Waals surface area contributed by atoms with E-state index in [0.29, 0.717) is 23.2 Å². The van der Waals surface area contributed by atoms with Crippen LogP contribution in [0, 0.1) is 34.0 Å². The summed E-state index contributed by atoms with van der Waals surface area (Å²) < 4.78 is 0. The lowest BCUT2D eigenvalue weighted by Gasteiger charge is -2.72. The highest BCUT2D eigenvalue weighted by Crippen LogP contribution is 2.72. The average Bonchev–Trinajstić information content (AvgIpc) is 2.60. The molecule has 5 aliphatic carbocycles. The van der Waals surface area contributed by atoms with Gasteiger partial charge in [-0.15, -0.1) is 0 Å². The third-order valence-corrected chi connectivity index (χ3v) is 9.57. The van der Waals surface area contributed by atoms with Gasteiger partial charge in [-0.3, -0.25) is 4.79 Å². The second-order valence-electron chi connectivity index (χ2n) is 10.7. The number of aliphatic hydroxyl groups excluding tert-OH is 1. The molecule has 3 nitrogen and oxygen atoms in total. The number of aliphatic hydroxyl groups is 1. The van der Waals surface area contributed by atoms with Crippen LogP contribution in [0.3, 0.4) is 0 Å². The van der Waals surface area contributed by atoms with E-state index in [1.165, 1.54) is 38.8 Å². The zero-order chi connectivity index (χ0) is 18.3. The first-order valence-corrected chi connectivity index (χ1v) is 11.0. The third kappa shape index (κ3) is 1.90. The summed E-state index contributed by atoms with van der Waals surface area (Å²) in [5.74, 6) is 1.58. The lowest BCUT2D eigenvalue weighted by Crippen LogP contribution is -2.73. The molecular weight excluding hydrogens is 322 g/mol. The smallest absolute Gasteiger partial charge is 0.167 e. The van der Waals surface area contributed by atoms with Crippen LogP contribution in [0.15, 0.2) is 12.2 Å². The molecule has 1 heterocycles. The molecule has 3 heteroatoms. The van der Waals surface area contributed by atoms with E-state index in [9.17, 15) is 9.90 Å². The van der Waals surface area contributed by atoms with Crippen molar-refractivity contribution < 1.29 is 9.90 Å². The lowest BCUT2D eigenvalue weighted by atomic mass is 9.34. The molecule has 6 fully saturated rings. The summed E-state index contributed by atoms with van der Waals surface area (Å²) in [6.45, 7) is 12.5. The summed E-state index contributed by atoms with van der Waals surface area (Å²) in [6.07, 6.45) is 8.52. The second-order valence-corrected chi connectivity index (χ2v) is 10.7. The topological polar surface area (TPSA) is 40.5 Å². The minimum Gasteiger partial charge on any atom is -0.392 e. The number of fused-ring (bicyclic) bond motifs is 2. The summed E-state index contributed by atoms with van der Waals surface area (Å²) in [5.41, 5.74) is 0.886. The van der Waals surface area contributed by atoms with E-state index in [4.69, 9.17) is 0 Å². The van der Waals surface area contributed by atoms with Crippen molar-refractivity contribution in [2.75, 3.05) is 19.6 Å². The number of hydrogen-bond acceptors (Lipinski definition) is 3. The van der Waals surface area contributed by atoms with Crippen LogP contribution in [0.25, 0.3) is 0 Å². The van der Waals surface area contributed by atoms with Gasteiger partial charge in [0, 0.05) is 13.1 Å². The molecule has 6 aliphatic rings. The number of carbonyl (C=O) groups is 1. The first-order valence-electron chi connectivity index (χ1n) is 11.0. The highest BCUT2D eigenvalue weighted by Gasteiger charge is 2.72. The molecular formula is C23H35NO2. The van der Waals surface area contributed by atoms with Gasteiger partial charge in [0.1, 0.15) is 0 Å². The molecule has 7 atom stereocenters. The SMILES string of the molecule is C=C1C(=O)C23CC[C@H]1CC2[C@@]12CCC[C@@](C)(CN(CCC)C1)C2C[C@H]3O. The number of rotatable bonds is 2. The Kier molecular flexibility index (Phi) is 3.65. The predicted molar refractivity (Wildman–Crippen MR) is 103 cm³/mol. The van der Waals surface area contributed by atoms with Crippen molar-refractivity contribution >= 4 is 5.78 Å². The molecule has 1 spiro atoms. The van der Waals surface area contributed by atoms with Crippen LogP contribution in [0.4, 0.5) is 0 Å². The first-order chi connectivity index (χ1) is 12.4. The molecule has 1 N–H and O–H groups in total. The summed E-state index contributed by atoms with van der Waals surface area (Å²) in [5, 5.41) is 11.4. The minimum absolute atomic E-state index is 0.241. The Balaban J connectivity index is 1.64. The number of piperidine rings is 1. The van der Waals surface area contributed by atoms with Crippen molar-refractivity contribution in [3.8, 4) is 0 Å². The van der Waals surface area contributed by atoms with Gasteiger partial charge in [-0.05, 0) is 85.6 Å². The van der Waals surface area contributed by atoms with Gasteiger partial charge in [0.2, 0.25) is 0 Å². The van der Waals surface area contributed by atoms with Crippen LogP contribution in [-0.4, -0.2) is 41.5 Å². The Hall–Kier alpha value is -0.670. The van der Waals surface area contributed by atoms with Gasteiger partial charge >= 0.3 is 0 Å². The standard InChI is InChI=1S/C23H35NO2/c1-4-10-24-13-21(3)7-5-8-22(14-24)17(21)12-19(25)23-9-6-16(11-18(22)23)15(2)20(23)26/h16-19,25H,2,4-14H2,1,3H3/t16-,17?,18?,19+,21-,22-,23?/m0/s1. The fourth-order valence-corrected chi connectivity index (χ4v) is 8.75. The van der Waals surface area contributed by atoms with E-state index in [1.807, 2.05) is 0 Å². The number of carbonyl (C=O) groups excluding carboxylic acids is 1. The maximum Gasteiger partial charge on any atom is 0.167 e. The maximum absolute atomic E-state index is 13.4. The Bertz CT molecular complexity index is 659. The molecule has 1 aliphatic heterocycles. The molecule has 144 valence electrons. The van der Waals surface area contributed by atoms with Crippen LogP contribution in [0.2, 0.25) is 0 Å². The monoisotopic (exact) mass is 357 g/mol. The number of Topliss-reactive ketones (excluding diaryl/α,β-unsaturated/α-hetero) is 1. The highest BCUT2D eigenvalue weighted by molar-refractivity contribution is 6.02. The van der Waals surface area contributed by atoms with Crippen molar-refractivity contribution in [1.29, 1.82) is 0 Å². The quantitative estimate of drug-likeness (QED) is 0.764. The van der Waals surface area contributed by atoms with Gasteiger partial charge in [0.15, 0.2) is 5.78 Å². The van der Waals surface area contributed by atoms with Gasteiger partial charge in [0.25, 0.3) is 0 Å². The van der Waals surface area contributed by atoms with Crippen molar-refractivity contribution in [2.45, 2.75) is 71.3 Å². The molecule has 0 aromatic rings. The molecule has 26 heavy (non-hydrogen) atoms. The highest BCUT2D eigenvalue weighted by atomic mass is 16.3. The lowest BCUT2D eigenvalue weighted by molar-refractivity contribution is -0.244.